The Balaban J connectivity index is 1.46. The maximum atomic E-state index is 5.12. The van der Waals surface area contributed by atoms with Crippen LogP contribution in [-0.2, 0) is 0 Å². The third kappa shape index (κ3) is 7.64. The summed E-state index contributed by atoms with van der Waals surface area (Å²) in [6, 6.07) is 25.1. The molecular formula is C34H39N7S. The third-order valence-electron chi connectivity index (χ3n) is 6.85. The maximum absolute atomic E-state index is 5.12. The van der Waals surface area contributed by atoms with Gasteiger partial charge in [0.2, 0.25) is 0 Å². The molecule has 0 saturated heterocycles. The first-order chi connectivity index (χ1) is 20.5. The number of hydrogen-bond acceptors (Lipinski definition) is 7. The molecule has 0 spiro atoms. The fraction of sp³-hybridized carbons (Fsp3) is 0.294. The zero-order chi connectivity index (χ0) is 29.3. The van der Waals surface area contributed by atoms with E-state index in [1.54, 1.807) is 11.3 Å². The Morgan fingerprint density at radius 1 is 0.762 bits per heavy atom. The SMILES string of the molecule is CN(C)CCCN=Cc1ccc(-c2nc(-c3ccc(C=NCCCN(C)C)s3)nc3c2ccn3-c2ccccc2)cc1. The Labute approximate surface area is 252 Å². The van der Waals surface area contributed by atoms with Crippen molar-refractivity contribution in [2.45, 2.75) is 12.8 Å². The molecule has 0 saturated carbocycles. The second-order valence-corrected chi connectivity index (χ2v) is 12.0. The highest BCUT2D eigenvalue weighted by Gasteiger charge is 2.16. The molecule has 8 heteroatoms. The highest BCUT2D eigenvalue weighted by molar-refractivity contribution is 7.17. The fourth-order valence-electron chi connectivity index (χ4n) is 4.69. The van der Waals surface area contributed by atoms with Gasteiger partial charge in [0.1, 0.15) is 5.65 Å². The molecule has 0 amide bonds. The van der Waals surface area contributed by atoms with Crippen LogP contribution in [0.2, 0.25) is 0 Å². The predicted octanol–water partition coefficient (Wildman–Crippen LogP) is 6.56. The zero-order valence-electron chi connectivity index (χ0n) is 24.9. The van der Waals surface area contributed by atoms with Gasteiger partial charge in [-0.15, -0.1) is 11.3 Å². The standard InChI is InChI=1S/C34H39N7S/c1-39(2)21-8-19-35-24-26-12-14-27(15-13-26)32-30-18-23-41(28-10-6-5-7-11-28)34(30)38-33(37-32)31-17-16-29(42-31)25-36-20-9-22-40(3)4/h5-7,10-18,23-25H,8-9,19-22H2,1-4H3. The summed E-state index contributed by atoms with van der Waals surface area (Å²) in [4.78, 5) is 25.9. The van der Waals surface area contributed by atoms with Crippen molar-refractivity contribution in [1.29, 1.82) is 0 Å². The van der Waals surface area contributed by atoms with Gasteiger partial charge >= 0.3 is 0 Å². The van der Waals surface area contributed by atoms with Crippen molar-refractivity contribution in [3.05, 3.63) is 89.4 Å². The summed E-state index contributed by atoms with van der Waals surface area (Å²) in [5.74, 6) is 0.720. The molecule has 3 heterocycles. The van der Waals surface area contributed by atoms with Gasteiger partial charge in [-0.25, -0.2) is 9.97 Å². The van der Waals surface area contributed by atoms with Crippen LogP contribution in [0.15, 0.2) is 89.0 Å². The number of aromatic nitrogens is 3. The Kier molecular flexibility index (Phi) is 10.0. The summed E-state index contributed by atoms with van der Waals surface area (Å²) in [5, 5.41) is 1.02. The summed E-state index contributed by atoms with van der Waals surface area (Å²) in [6.07, 6.45) is 8.10. The van der Waals surface area contributed by atoms with Gasteiger partial charge in [0.15, 0.2) is 5.82 Å². The number of rotatable bonds is 13. The average Bonchev–Trinajstić information content (AvgIpc) is 3.64. The number of aliphatic imine (C=N–C) groups is 2. The van der Waals surface area contributed by atoms with E-state index in [1.807, 2.05) is 30.6 Å². The second-order valence-electron chi connectivity index (χ2n) is 10.9. The van der Waals surface area contributed by atoms with E-state index in [1.165, 1.54) is 0 Å². The minimum absolute atomic E-state index is 0.720. The third-order valence-corrected chi connectivity index (χ3v) is 7.87. The Morgan fingerprint density at radius 2 is 1.45 bits per heavy atom. The van der Waals surface area contributed by atoms with E-state index in [0.29, 0.717) is 0 Å². The van der Waals surface area contributed by atoms with E-state index in [9.17, 15) is 0 Å². The molecule has 0 aliphatic carbocycles. The van der Waals surface area contributed by atoms with Crippen molar-refractivity contribution < 1.29 is 0 Å². The van der Waals surface area contributed by atoms with Crippen LogP contribution in [0.1, 0.15) is 23.3 Å². The second kappa shape index (κ2) is 14.3. The maximum Gasteiger partial charge on any atom is 0.172 e. The molecule has 0 bridgehead atoms. The predicted molar refractivity (Wildman–Crippen MR) is 179 cm³/mol. The number of hydrogen-bond donors (Lipinski definition) is 0. The average molecular weight is 578 g/mol. The van der Waals surface area contributed by atoms with Gasteiger partial charge in [-0.05, 0) is 90.0 Å². The number of para-hydroxylation sites is 1. The normalized spacial score (nSPS) is 12.1. The molecule has 0 aliphatic rings. The van der Waals surface area contributed by atoms with Crippen LogP contribution in [0, 0.1) is 0 Å². The minimum Gasteiger partial charge on any atom is -0.309 e. The van der Waals surface area contributed by atoms with E-state index in [4.69, 9.17) is 9.97 Å². The highest BCUT2D eigenvalue weighted by atomic mass is 32.1. The van der Waals surface area contributed by atoms with Gasteiger partial charge in [-0.3, -0.25) is 9.98 Å². The van der Waals surface area contributed by atoms with Crippen LogP contribution in [0.5, 0.6) is 0 Å². The summed E-state index contributed by atoms with van der Waals surface area (Å²) in [6.45, 7) is 3.72. The molecule has 0 atom stereocenters. The number of nitrogens with zero attached hydrogens (tertiary/aromatic N) is 7. The zero-order valence-corrected chi connectivity index (χ0v) is 25.8. The van der Waals surface area contributed by atoms with E-state index in [0.717, 1.165) is 88.1 Å². The van der Waals surface area contributed by atoms with Crippen LogP contribution in [0.4, 0.5) is 0 Å². The number of fused-ring (bicyclic) bond motifs is 1. The van der Waals surface area contributed by atoms with Crippen LogP contribution >= 0.6 is 11.3 Å². The largest absolute Gasteiger partial charge is 0.309 e. The molecule has 216 valence electrons. The molecule has 2 aromatic carbocycles. The van der Waals surface area contributed by atoms with Gasteiger partial charge in [0, 0.05) is 53.2 Å². The van der Waals surface area contributed by atoms with E-state index in [-0.39, 0.29) is 0 Å². The van der Waals surface area contributed by atoms with Crippen LogP contribution in [0.3, 0.4) is 0 Å². The van der Waals surface area contributed by atoms with Crippen molar-refractivity contribution >= 4 is 34.8 Å². The molecular weight excluding hydrogens is 538 g/mol. The molecule has 0 N–H and O–H groups in total. The van der Waals surface area contributed by atoms with Crippen molar-refractivity contribution in [2.75, 3.05) is 54.4 Å². The summed E-state index contributed by atoms with van der Waals surface area (Å²) >= 11 is 1.67. The Bertz CT molecular complexity index is 1630. The van der Waals surface area contributed by atoms with Crippen LogP contribution in [0.25, 0.3) is 38.7 Å². The van der Waals surface area contributed by atoms with Crippen molar-refractivity contribution in [3.63, 3.8) is 0 Å². The topological polar surface area (TPSA) is 61.9 Å². The van der Waals surface area contributed by atoms with Gasteiger partial charge < -0.3 is 14.4 Å². The molecule has 0 fully saturated rings. The van der Waals surface area contributed by atoms with Crippen molar-refractivity contribution in [2.24, 2.45) is 9.98 Å². The Hall–Kier alpha value is -3.98. The smallest absolute Gasteiger partial charge is 0.172 e. The molecule has 3 aromatic heterocycles. The van der Waals surface area contributed by atoms with Crippen LogP contribution < -0.4 is 0 Å². The lowest BCUT2D eigenvalue weighted by molar-refractivity contribution is 0.403. The fourth-order valence-corrected chi connectivity index (χ4v) is 5.53. The quantitative estimate of drug-likeness (QED) is 0.118. The molecule has 5 rings (SSSR count). The van der Waals surface area contributed by atoms with E-state index >= 15 is 0 Å². The first-order valence-electron chi connectivity index (χ1n) is 14.4. The minimum atomic E-state index is 0.720. The lowest BCUT2D eigenvalue weighted by Gasteiger charge is -2.09. The van der Waals surface area contributed by atoms with Crippen LogP contribution in [-0.4, -0.2) is 91.1 Å². The molecule has 0 radical (unpaired) electrons. The van der Waals surface area contributed by atoms with Crippen molar-refractivity contribution in [3.8, 4) is 27.6 Å². The van der Waals surface area contributed by atoms with E-state index in [2.05, 4.69) is 113 Å². The molecule has 7 nitrogen and oxygen atoms in total. The number of thiophene rings is 1. The summed E-state index contributed by atoms with van der Waals surface area (Å²) in [7, 11) is 8.36. The molecule has 0 aliphatic heterocycles. The molecule has 0 unspecified atom stereocenters. The summed E-state index contributed by atoms with van der Waals surface area (Å²) in [5.41, 5.74) is 5.02. The van der Waals surface area contributed by atoms with Gasteiger partial charge in [-0.2, -0.15) is 0 Å². The van der Waals surface area contributed by atoms with Gasteiger partial charge in [0.05, 0.1) is 10.6 Å². The van der Waals surface area contributed by atoms with Gasteiger partial charge in [0.25, 0.3) is 0 Å². The molecule has 5 aromatic rings. The van der Waals surface area contributed by atoms with Gasteiger partial charge in [-0.1, -0.05) is 42.5 Å². The van der Waals surface area contributed by atoms with Crippen molar-refractivity contribution in [1.82, 2.24) is 24.3 Å². The first-order valence-corrected chi connectivity index (χ1v) is 15.2. The molecule has 42 heavy (non-hydrogen) atoms. The Morgan fingerprint density at radius 3 is 2.14 bits per heavy atom. The first kappa shape index (κ1) is 29.5. The van der Waals surface area contributed by atoms with E-state index < -0.39 is 0 Å². The lowest BCUT2D eigenvalue weighted by atomic mass is 10.1. The monoisotopic (exact) mass is 577 g/mol. The lowest BCUT2D eigenvalue weighted by Crippen LogP contribution is -2.13. The summed E-state index contributed by atoms with van der Waals surface area (Å²) < 4.78 is 2.14. The number of benzene rings is 2. The highest BCUT2D eigenvalue weighted by Crippen LogP contribution is 2.33.